The van der Waals surface area contributed by atoms with Crippen molar-refractivity contribution in [3.8, 4) is 34.3 Å². The Hall–Kier alpha value is -4.48. The molecule has 0 bridgehead atoms. The molecule has 16 nitrogen and oxygen atoms in total. The minimum Gasteiger partial charge on any atom is -0.506 e. The van der Waals surface area contributed by atoms with Crippen LogP contribution in [-0.4, -0.2) is 67.9 Å². The first-order valence-electron chi connectivity index (χ1n) is 12.4. The maximum atomic E-state index is 9.16. The highest BCUT2D eigenvalue weighted by Crippen LogP contribution is 2.20. The van der Waals surface area contributed by atoms with E-state index in [-0.39, 0.29) is 29.5 Å². The van der Waals surface area contributed by atoms with E-state index in [1.165, 1.54) is 10.9 Å². The number of nitrogens with zero attached hydrogens (tertiary/aromatic N) is 13. The number of benzene rings is 1. The minimum absolute atomic E-state index is 0. The van der Waals surface area contributed by atoms with E-state index in [2.05, 4.69) is 72.1 Å². The highest BCUT2D eigenvalue weighted by atomic mass is 36.0. The fourth-order valence-electron chi connectivity index (χ4n) is 2.99. The van der Waals surface area contributed by atoms with Gasteiger partial charge in [0.1, 0.15) is 26.3 Å². The van der Waals surface area contributed by atoms with Crippen molar-refractivity contribution in [3.05, 3.63) is 83.3 Å². The molecule has 0 saturated heterocycles. The molecule has 0 spiro atoms. The van der Waals surface area contributed by atoms with E-state index in [0.29, 0.717) is 29.6 Å². The van der Waals surface area contributed by atoms with E-state index in [1.54, 1.807) is 43.4 Å². The molecule has 258 valence electrons. The molecule has 47 heavy (non-hydrogen) atoms. The largest absolute Gasteiger partial charge is 0.506 e. The molecule has 5 aromatic rings. The van der Waals surface area contributed by atoms with Gasteiger partial charge in [0.2, 0.25) is 9.23 Å². The van der Waals surface area contributed by atoms with Gasteiger partial charge in [0.15, 0.2) is 11.6 Å². The SMILES string of the molecule is C.C.C.C[Si](C)(C)N=[N+]=[N-].Cn1nnnc1-c1cncc(O)c1.Cn1nnnc1-c1cncc(OCc2ccccc2)c1.O=S(Cl)Cl.[HH]. The zero-order valence-corrected chi connectivity index (χ0v) is 27.6. The van der Waals surface area contributed by atoms with Crippen molar-refractivity contribution in [2.75, 3.05) is 0 Å². The normalized spacial score (nSPS) is 9.53. The van der Waals surface area contributed by atoms with Crippen LogP contribution in [0.4, 0.5) is 0 Å². The molecule has 1 aromatic carbocycles. The molecule has 0 aliphatic carbocycles. The first-order valence-corrected chi connectivity index (χ1v) is 18.7. The average molecular weight is 729 g/mol. The Morgan fingerprint density at radius 3 is 1.81 bits per heavy atom. The Morgan fingerprint density at radius 2 is 1.40 bits per heavy atom. The van der Waals surface area contributed by atoms with Crippen LogP contribution < -0.4 is 4.74 Å². The van der Waals surface area contributed by atoms with E-state index in [4.69, 9.17) is 19.6 Å². The van der Waals surface area contributed by atoms with Gasteiger partial charge in [0.05, 0.1) is 12.4 Å². The Bertz CT molecular complexity index is 1670. The first-order chi connectivity index (χ1) is 20.9. The van der Waals surface area contributed by atoms with E-state index in [1.807, 2.05) is 56.0 Å². The Labute approximate surface area is 288 Å². The van der Waals surface area contributed by atoms with Gasteiger partial charge in [-0.3, -0.25) is 9.97 Å². The van der Waals surface area contributed by atoms with E-state index < -0.39 is 17.5 Å². The van der Waals surface area contributed by atoms with Crippen molar-refractivity contribution in [2.45, 2.75) is 48.5 Å². The lowest BCUT2D eigenvalue weighted by Gasteiger charge is -2.07. The van der Waals surface area contributed by atoms with Crippen LogP contribution in [0, 0.1) is 0 Å². The van der Waals surface area contributed by atoms with Gasteiger partial charge in [-0.2, -0.15) is 0 Å². The maximum Gasteiger partial charge on any atom is 0.211 e. The topological polar surface area (TPSA) is 208 Å². The lowest BCUT2D eigenvalue weighted by Crippen LogP contribution is -2.13. The van der Waals surface area contributed by atoms with E-state index in [9.17, 15) is 0 Å². The highest BCUT2D eigenvalue weighted by Gasteiger charge is 2.09. The number of ether oxygens (including phenoxy) is 1. The number of hydrogen-bond acceptors (Lipinski definition) is 12. The molecule has 5 rings (SSSR count). The maximum absolute atomic E-state index is 9.16. The van der Waals surface area contributed by atoms with Gasteiger partial charge in [-0.25, -0.2) is 13.6 Å². The van der Waals surface area contributed by atoms with Crippen LogP contribution in [0.1, 0.15) is 29.3 Å². The predicted octanol–water partition coefficient (Wildman–Crippen LogP) is 7.16. The van der Waals surface area contributed by atoms with Gasteiger partial charge < -0.3 is 9.84 Å². The summed E-state index contributed by atoms with van der Waals surface area (Å²) in [6, 6.07) is 13.4. The van der Waals surface area contributed by atoms with Gasteiger partial charge in [0, 0.05) is 60.4 Å². The van der Waals surface area contributed by atoms with Crippen molar-refractivity contribution in [3.63, 3.8) is 0 Å². The summed E-state index contributed by atoms with van der Waals surface area (Å²) in [4.78, 5) is 10.7. The lowest BCUT2D eigenvalue weighted by molar-refractivity contribution is 0.305. The standard InChI is InChI=1S/C14H13N5O.C7H7N5O.C3H9N3Si.3CH4.Cl2OS.H2/c1-19-14(16-17-18-19)12-7-13(9-15-8-12)20-10-11-5-3-2-4-6-11;1-12-7(9-10-11-12)5-2-6(13)4-8-3-5;1-7(2,3)6-5-4;;;;1-4(2)3;/h2-9H,10H2,1H3;2-4,13H,1H3;1-3H3;3*1H4;;1H. The molecule has 0 atom stereocenters. The number of aromatic hydroxyl groups is 1. The second kappa shape index (κ2) is 22.9. The van der Waals surface area contributed by atoms with Crippen LogP contribution in [-0.2, 0) is 29.9 Å². The third-order valence-electron chi connectivity index (χ3n) is 4.79. The summed E-state index contributed by atoms with van der Waals surface area (Å²) in [6.45, 7) is 6.48. The number of azide groups is 1. The molecule has 0 saturated carbocycles. The van der Waals surface area contributed by atoms with Gasteiger partial charge >= 0.3 is 0 Å². The van der Waals surface area contributed by atoms with Crippen molar-refractivity contribution < 1.29 is 15.5 Å². The lowest BCUT2D eigenvalue weighted by atomic mass is 10.2. The number of aryl methyl sites for hydroxylation is 2. The van der Waals surface area contributed by atoms with Gasteiger partial charge in [-0.05, 0) is 49.0 Å². The van der Waals surface area contributed by atoms with E-state index >= 15 is 0 Å². The van der Waals surface area contributed by atoms with Crippen molar-refractivity contribution in [1.82, 2.24) is 50.4 Å². The number of pyridine rings is 2. The van der Waals surface area contributed by atoms with Crippen molar-refractivity contribution in [2.24, 2.45) is 18.9 Å². The Balaban J connectivity index is -0.000000630. The first kappa shape index (κ1) is 44.6. The summed E-state index contributed by atoms with van der Waals surface area (Å²) in [7, 11) is 9.42. The number of hydrogen-bond donors (Lipinski definition) is 1. The molecule has 0 unspecified atom stereocenters. The number of tetrazole rings is 2. The van der Waals surface area contributed by atoms with Crippen LogP contribution in [0.3, 0.4) is 0 Å². The fourth-order valence-corrected chi connectivity index (χ4v) is 3.26. The van der Waals surface area contributed by atoms with Gasteiger partial charge in [-0.15, -0.1) is 15.0 Å². The summed E-state index contributed by atoms with van der Waals surface area (Å²) in [5.41, 5.74) is 10.5. The second-order valence-corrected chi connectivity index (χ2v) is 16.5. The van der Waals surface area contributed by atoms with Gasteiger partial charge in [0.25, 0.3) is 0 Å². The minimum atomic E-state index is -1.67. The molecule has 0 fully saturated rings. The average Bonchev–Trinajstić information content (AvgIpc) is 3.60. The van der Waals surface area contributed by atoms with Crippen molar-refractivity contribution >= 4 is 38.8 Å². The monoisotopic (exact) mass is 727 g/mol. The molecular formula is C27H43Cl2N13O3SSi. The summed E-state index contributed by atoms with van der Waals surface area (Å²) in [5.74, 6) is 2.01. The number of halogens is 2. The van der Waals surface area contributed by atoms with Crippen LogP contribution in [0.5, 0.6) is 11.5 Å². The smallest absolute Gasteiger partial charge is 0.211 e. The molecule has 0 amide bonds. The van der Waals surface area contributed by atoms with Crippen LogP contribution in [0.25, 0.3) is 33.2 Å². The third-order valence-corrected chi connectivity index (χ3v) is 5.48. The fraction of sp³-hybridized carbons (Fsp3) is 0.333. The molecule has 4 aromatic heterocycles. The second-order valence-electron chi connectivity index (χ2n) is 9.41. The highest BCUT2D eigenvalue weighted by molar-refractivity contribution is 8.26. The number of aromatic nitrogens is 10. The van der Waals surface area contributed by atoms with Crippen LogP contribution >= 0.6 is 21.4 Å². The molecule has 20 heteroatoms. The molecular weight excluding hydrogens is 685 g/mol. The zero-order valence-electron chi connectivity index (χ0n) is 24.3. The van der Waals surface area contributed by atoms with E-state index in [0.717, 1.165) is 11.1 Å². The quantitative estimate of drug-likeness (QED) is 0.0610. The zero-order chi connectivity index (χ0) is 32.5. The third kappa shape index (κ3) is 17.7. The Morgan fingerprint density at radius 1 is 0.915 bits per heavy atom. The van der Waals surface area contributed by atoms with Gasteiger partial charge in [-0.1, -0.05) is 72.3 Å². The molecule has 0 radical (unpaired) electrons. The summed E-state index contributed by atoms with van der Waals surface area (Å²) in [5, 5.41) is 31.5. The predicted molar refractivity (Wildman–Crippen MR) is 191 cm³/mol. The molecule has 4 heterocycles. The summed E-state index contributed by atoms with van der Waals surface area (Å²) < 4.78 is 21.5. The summed E-state index contributed by atoms with van der Waals surface area (Å²) >= 11 is 0. The molecule has 0 aliphatic rings. The number of rotatable bonds is 6. The van der Waals surface area contributed by atoms with Crippen LogP contribution in [0.2, 0.25) is 19.6 Å². The van der Waals surface area contributed by atoms with Crippen LogP contribution in [0.15, 0.2) is 72.0 Å². The molecule has 0 aliphatic heterocycles. The molecule has 1 N–H and O–H groups in total. The van der Waals surface area contributed by atoms with Crippen molar-refractivity contribution in [1.29, 1.82) is 0 Å². The summed E-state index contributed by atoms with van der Waals surface area (Å²) in [6.07, 6.45) is 6.33. The Kier molecular flexibility index (Phi) is 21.8.